The molecule has 4 aromatic carbocycles. The normalized spacial score (nSPS) is 11.3. The maximum Gasteiger partial charge on any atom is 0.326 e. The highest BCUT2D eigenvalue weighted by Gasteiger charge is 2.21. The number of oxazole rings is 1. The summed E-state index contributed by atoms with van der Waals surface area (Å²) in [5.74, 6) is 0.0388. The smallest absolute Gasteiger partial charge is 0.326 e. The molecule has 5 aromatic rings. The molecule has 4 N–H and O–H groups in total. The minimum atomic E-state index is -1.02. The summed E-state index contributed by atoms with van der Waals surface area (Å²) >= 11 is 0. The van der Waals surface area contributed by atoms with Gasteiger partial charge < -0.3 is 25.3 Å². The summed E-state index contributed by atoms with van der Waals surface area (Å²) in [5, 5.41) is 13.0. The quantitative estimate of drug-likeness (QED) is 0.129. The number of aliphatic carboxylic acids is 1. The van der Waals surface area contributed by atoms with Crippen molar-refractivity contribution in [1.29, 1.82) is 0 Å². The van der Waals surface area contributed by atoms with Crippen LogP contribution in [-0.4, -0.2) is 34.5 Å². The Morgan fingerprint density at radius 2 is 1.61 bits per heavy atom. The number of carbonyl (C=O) groups is 2. The van der Waals surface area contributed by atoms with Crippen molar-refractivity contribution in [3.63, 3.8) is 0 Å². The van der Waals surface area contributed by atoms with Crippen LogP contribution in [-0.2, 0) is 24.2 Å². The van der Waals surface area contributed by atoms with Gasteiger partial charge in [-0.15, -0.1) is 12.4 Å². The van der Waals surface area contributed by atoms with Crippen molar-refractivity contribution in [3.05, 3.63) is 137 Å². The van der Waals surface area contributed by atoms with E-state index in [2.05, 4.69) is 10.3 Å². The van der Waals surface area contributed by atoms with E-state index in [0.29, 0.717) is 48.0 Å². The Hall–Kier alpha value is -4.92. The molecule has 1 atom stereocenters. The summed E-state index contributed by atoms with van der Waals surface area (Å²) in [6.07, 6.45) is 2.44. The number of nitrogens with zero attached hydrogens (tertiary/aromatic N) is 1. The molecule has 0 radical (unpaired) electrons. The molecular formula is C35H34ClN3O5. The number of hydrogen-bond donors (Lipinski definition) is 3. The second-order valence-corrected chi connectivity index (χ2v) is 10.2. The SMILES string of the molecule is Cc1ccccc1-c1nc(CCOc2ccc(CC(Nc3ccccc3C(=O)c3ccc(CN)cc3)C(=O)O)cc2)co1.Cl. The monoisotopic (exact) mass is 611 g/mol. The number of benzene rings is 4. The summed E-state index contributed by atoms with van der Waals surface area (Å²) < 4.78 is 11.5. The van der Waals surface area contributed by atoms with E-state index in [0.717, 1.165) is 27.9 Å². The Balaban J connectivity index is 0.00000442. The van der Waals surface area contributed by atoms with Gasteiger partial charge in [0.15, 0.2) is 5.78 Å². The molecule has 1 aromatic heterocycles. The largest absolute Gasteiger partial charge is 0.493 e. The van der Waals surface area contributed by atoms with Gasteiger partial charge in [0.25, 0.3) is 0 Å². The summed E-state index contributed by atoms with van der Waals surface area (Å²) in [6.45, 7) is 2.82. The number of halogens is 1. The van der Waals surface area contributed by atoms with Gasteiger partial charge in [-0.1, -0.05) is 66.7 Å². The van der Waals surface area contributed by atoms with Gasteiger partial charge in [-0.2, -0.15) is 0 Å². The van der Waals surface area contributed by atoms with Crippen molar-refractivity contribution < 1.29 is 23.8 Å². The van der Waals surface area contributed by atoms with Crippen LogP contribution in [0.25, 0.3) is 11.5 Å². The zero-order valence-corrected chi connectivity index (χ0v) is 25.1. The highest BCUT2D eigenvalue weighted by Crippen LogP contribution is 2.24. The van der Waals surface area contributed by atoms with E-state index >= 15 is 0 Å². The Labute approximate surface area is 262 Å². The summed E-state index contributed by atoms with van der Waals surface area (Å²) in [4.78, 5) is 30.0. The number of anilines is 1. The fraction of sp³-hybridized carbons (Fsp3) is 0.171. The highest BCUT2D eigenvalue weighted by molar-refractivity contribution is 6.12. The standard InChI is InChI=1S/C35H33N3O5.ClH/c1-23-6-2-3-7-29(23)34-37-27(22-43-34)18-19-42-28-16-12-24(13-17-28)20-32(35(40)41)38-31-9-5-4-8-30(31)33(39)26-14-10-25(21-36)11-15-26;/h2-17,22,32,38H,18-21,36H2,1H3,(H,40,41);1H. The van der Waals surface area contributed by atoms with Gasteiger partial charge in [0.05, 0.1) is 12.3 Å². The molecule has 0 amide bonds. The van der Waals surface area contributed by atoms with Crippen molar-refractivity contribution in [2.24, 2.45) is 5.73 Å². The molecule has 1 unspecified atom stereocenters. The van der Waals surface area contributed by atoms with E-state index in [4.69, 9.17) is 14.9 Å². The van der Waals surface area contributed by atoms with Crippen LogP contribution in [0.3, 0.4) is 0 Å². The Morgan fingerprint density at radius 1 is 0.932 bits per heavy atom. The van der Waals surface area contributed by atoms with Crippen molar-refractivity contribution in [2.75, 3.05) is 11.9 Å². The first-order chi connectivity index (χ1) is 20.9. The average Bonchev–Trinajstić information content (AvgIpc) is 3.50. The third-order valence-electron chi connectivity index (χ3n) is 7.17. The fourth-order valence-corrected chi connectivity index (χ4v) is 4.73. The number of aryl methyl sites for hydroxylation is 1. The minimum Gasteiger partial charge on any atom is -0.493 e. The van der Waals surface area contributed by atoms with Crippen LogP contribution in [0.5, 0.6) is 5.75 Å². The van der Waals surface area contributed by atoms with Crippen LogP contribution in [0.15, 0.2) is 108 Å². The molecular weight excluding hydrogens is 578 g/mol. The van der Waals surface area contributed by atoms with E-state index in [9.17, 15) is 14.7 Å². The molecule has 0 bridgehead atoms. The number of ketones is 1. The number of carboxylic acid groups (broad SMARTS) is 1. The van der Waals surface area contributed by atoms with Crippen molar-refractivity contribution in [1.82, 2.24) is 4.98 Å². The number of rotatable bonds is 13. The van der Waals surface area contributed by atoms with Gasteiger partial charge >= 0.3 is 5.97 Å². The van der Waals surface area contributed by atoms with Crippen LogP contribution < -0.4 is 15.8 Å². The number of carbonyl (C=O) groups excluding carboxylic acids is 1. The number of para-hydroxylation sites is 1. The maximum atomic E-state index is 13.2. The Kier molecular flexibility index (Phi) is 10.9. The zero-order valence-electron chi connectivity index (χ0n) is 24.2. The molecule has 9 heteroatoms. The number of nitrogens with two attached hydrogens (primary N) is 1. The van der Waals surface area contributed by atoms with Crippen LogP contribution >= 0.6 is 12.4 Å². The topological polar surface area (TPSA) is 128 Å². The molecule has 226 valence electrons. The zero-order chi connectivity index (χ0) is 30.2. The lowest BCUT2D eigenvalue weighted by atomic mass is 9.99. The van der Waals surface area contributed by atoms with E-state index in [-0.39, 0.29) is 24.6 Å². The van der Waals surface area contributed by atoms with Crippen LogP contribution in [0, 0.1) is 6.92 Å². The van der Waals surface area contributed by atoms with E-state index in [1.807, 2.05) is 67.6 Å². The third kappa shape index (κ3) is 7.92. The highest BCUT2D eigenvalue weighted by atomic mass is 35.5. The van der Waals surface area contributed by atoms with E-state index in [1.165, 1.54) is 0 Å². The van der Waals surface area contributed by atoms with Gasteiger partial charge in [0.1, 0.15) is 18.1 Å². The van der Waals surface area contributed by atoms with Gasteiger partial charge in [0.2, 0.25) is 5.89 Å². The number of aromatic nitrogens is 1. The summed E-state index contributed by atoms with van der Waals surface area (Å²) in [5.41, 5.74) is 11.6. The lowest BCUT2D eigenvalue weighted by Crippen LogP contribution is -2.32. The maximum absolute atomic E-state index is 13.2. The number of hydrogen-bond acceptors (Lipinski definition) is 7. The van der Waals surface area contributed by atoms with Crippen LogP contribution in [0.2, 0.25) is 0 Å². The first-order valence-corrected chi connectivity index (χ1v) is 14.1. The van der Waals surface area contributed by atoms with Crippen LogP contribution in [0.4, 0.5) is 5.69 Å². The Morgan fingerprint density at radius 3 is 2.32 bits per heavy atom. The van der Waals surface area contributed by atoms with Gasteiger partial charge in [-0.25, -0.2) is 9.78 Å². The molecule has 0 aliphatic heterocycles. The third-order valence-corrected chi connectivity index (χ3v) is 7.17. The second kappa shape index (κ2) is 15.0. The lowest BCUT2D eigenvalue weighted by molar-refractivity contribution is -0.137. The van der Waals surface area contributed by atoms with Crippen LogP contribution in [0.1, 0.15) is 38.3 Å². The number of ether oxygens (including phenoxy) is 1. The molecule has 44 heavy (non-hydrogen) atoms. The van der Waals surface area contributed by atoms with Crippen molar-refractivity contribution in [2.45, 2.75) is 32.4 Å². The summed E-state index contributed by atoms with van der Waals surface area (Å²) in [7, 11) is 0. The molecule has 0 saturated carbocycles. The van der Waals surface area contributed by atoms with Crippen molar-refractivity contribution in [3.8, 4) is 17.2 Å². The molecule has 0 aliphatic rings. The Bertz CT molecular complexity index is 1700. The van der Waals surface area contributed by atoms with Gasteiger partial charge in [0, 0.05) is 41.8 Å². The molecule has 0 saturated heterocycles. The predicted molar refractivity (Wildman–Crippen MR) is 173 cm³/mol. The molecule has 0 fully saturated rings. The average molecular weight is 612 g/mol. The number of carboxylic acids is 1. The molecule has 5 rings (SSSR count). The van der Waals surface area contributed by atoms with E-state index in [1.54, 1.807) is 42.7 Å². The van der Waals surface area contributed by atoms with Gasteiger partial charge in [-0.05, 0) is 53.9 Å². The first-order valence-electron chi connectivity index (χ1n) is 14.1. The fourth-order valence-electron chi connectivity index (χ4n) is 4.73. The van der Waals surface area contributed by atoms with Crippen molar-refractivity contribution >= 4 is 29.8 Å². The molecule has 8 nitrogen and oxygen atoms in total. The first kappa shape index (κ1) is 32.0. The number of nitrogens with one attached hydrogen (secondary N) is 1. The van der Waals surface area contributed by atoms with Gasteiger partial charge in [-0.3, -0.25) is 4.79 Å². The second-order valence-electron chi connectivity index (χ2n) is 10.2. The minimum absolute atomic E-state index is 0. The molecule has 0 spiro atoms. The predicted octanol–water partition coefficient (Wildman–Crippen LogP) is 6.49. The summed E-state index contributed by atoms with van der Waals surface area (Å²) in [6, 6.07) is 28.3. The molecule has 1 heterocycles. The molecule has 0 aliphatic carbocycles. The van der Waals surface area contributed by atoms with E-state index < -0.39 is 12.0 Å². The lowest BCUT2D eigenvalue weighted by Gasteiger charge is -2.18.